The molecule has 0 unspecified atom stereocenters. The van der Waals surface area contributed by atoms with Crippen LogP contribution in [0.2, 0.25) is 0 Å². The van der Waals surface area contributed by atoms with Gasteiger partial charge < -0.3 is 28.2 Å². The van der Waals surface area contributed by atoms with Crippen LogP contribution < -0.4 is 28.2 Å². The number of halogens is 6. The number of fused-ring (bicyclic) bond motifs is 4. The van der Waals surface area contributed by atoms with Crippen LogP contribution in [0, 0.1) is 27.7 Å². The van der Waals surface area contributed by atoms with Crippen LogP contribution in [-0.2, 0) is 78.6 Å². The first kappa shape index (κ1) is 73.2. The fraction of sp³-hybridized carbons (Fsp3) is 0.250. The van der Waals surface area contributed by atoms with E-state index in [9.17, 15) is 0 Å². The van der Waals surface area contributed by atoms with E-state index in [1.807, 2.05) is 0 Å². The summed E-state index contributed by atoms with van der Waals surface area (Å²) < 4.78 is 0. The maximum Gasteiger partial charge on any atom is 4.00 e. The van der Waals surface area contributed by atoms with Gasteiger partial charge >= 0.3 is 78.6 Å². The number of benzene rings is 6. The minimum Gasteiger partial charge on any atom is -1.00 e. The van der Waals surface area contributed by atoms with Crippen molar-refractivity contribution in [3.05, 3.63) is 214 Å². The van der Waals surface area contributed by atoms with Crippen LogP contribution in [0.4, 0.5) is 0 Å². The summed E-state index contributed by atoms with van der Waals surface area (Å²) in [6, 6.07) is 61.8. The number of rotatable bonds is 6. The van der Waals surface area contributed by atoms with Gasteiger partial charge in [-0.2, -0.15) is 24.3 Å². The first-order valence-electron chi connectivity index (χ1n) is 23.5. The minimum absolute atomic E-state index is 0. The van der Waals surface area contributed by atoms with Gasteiger partial charge in [0, 0.05) is 0 Å². The van der Waals surface area contributed by atoms with Gasteiger partial charge in [-0.25, -0.2) is 0 Å². The molecule has 10 aromatic rings. The molecule has 0 fully saturated rings. The molecule has 0 nitrogen and oxygen atoms in total. The summed E-state index contributed by atoms with van der Waals surface area (Å²) in [5, 5.41) is 11.1. The van der Waals surface area contributed by atoms with Gasteiger partial charge in [-0.3, -0.25) is 0 Å². The maximum atomic E-state index is 2.39. The van der Waals surface area contributed by atoms with Crippen LogP contribution in [0.25, 0.3) is 65.3 Å². The summed E-state index contributed by atoms with van der Waals surface area (Å²) in [6.45, 7) is 26.8. The predicted octanol–water partition coefficient (Wildman–Crippen LogP) is 1.31. The smallest absolute Gasteiger partial charge is 1.00 e. The Morgan fingerprint density at radius 1 is 0.288 bits per heavy atom. The zero-order chi connectivity index (χ0) is 45.7. The van der Waals surface area contributed by atoms with Gasteiger partial charge in [0.25, 0.3) is 0 Å². The van der Waals surface area contributed by atoms with E-state index in [4.69, 9.17) is 0 Å². The van der Waals surface area contributed by atoms with Crippen molar-refractivity contribution in [2.45, 2.75) is 107 Å². The molecule has 10 rings (SSSR count). The Bertz CT molecular complexity index is 2910. The van der Waals surface area contributed by atoms with E-state index in [0.29, 0.717) is 23.7 Å². The molecule has 0 heterocycles. The van der Waals surface area contributed by atoms with E-state index in [-0.39, 0.29) is 107 Å². The van der Waals surface area contributed by atoms with Crippen molar-refractivity contribution in [2.24, 2.45) is 0 Å². The third-order valence-electron chi connectivity index (χ3n) is 12.6. The molecule has 0 saturated carbocycles. The van der Waals surface area contributed by atoms with E-state index in [0.717, 1.165) is 0 Å². The number of hydrogen-bond acceptors (Lipinski definition) is 0. The Labute approximate surface area is 488 Å². The van der Waals surface area contributed by atoms with Crippen molar-refractivity contribution in [3.8, 4) is 22.3 Å². The minimum atomic E-state index is 0. The van der Waals surface area contributed by atoms with E-state index < -0.39 is 0 Å². The van der Waals surface area contributed by atoms with Gasteiger partial charge in [-0.1, -0.05) is 201 Å². The summed E-state index contributed by atoms with van der Waals surface area (Å²) in [5.41, 5.74) is 16.6. The molecule has 0 aliphatic carbocycles. The second-order valence-electron chi connectivity index (χ2n) is 19.3. The van der Waals surface area contributed by atoms with Gasteiger partial charge in [0.05, 0.1) is 0 Å². The van der Waals surface area contributed by atoms with Gasteiger partial charge in [-0.15, -0.1) is 126 Å². The fourth-order valence-corrected chi connectivity index (χ4v) is 9.18. The number of hydrogen-bond donors (Lipinski definition) is 0. The molecular formula is C64H68F6Zr3+2. The van der Waals surface area contributed by atoms with Crippen LogP contribution in [-0.4, -0.2) is 0 Å². The zero-order valence-corrected chi connectivity index (χ0v) is 51.6. The van der Waals surface area contributed by atoms with Crippen molar-refractivity contribution >= 4 is 43.1 Å². The molecule has 0 aliphatic rings. The first-order valence-corrected chi connectivity index (χ1v) is 23.5. The van der Waals surface area contributed by atoms with E-state index in [1.165, 1.54) is 110 Å². The molecule has 0 radical (unpaired) electrons. The van der Waals surface area contributed by atoms with Gasteiger partial charge in [0.2, 0.25) is 0 Å². The maximum absolute atomic E-state index is 2.39. The van der Waals surface area contributed by atoms with E-state index in [2.05, 4.69) is 253 Å². The van der Waals surface area contributed by atoms with Crippen molar-refractivity contribution in [1.29, 1.82) is 0 Å². The molecule has 0 aromatic heterocycles. The summed E-state index contributed by atoms with van der Waals surface area (Å²) in [7, 11) is 0. The molecule has 73 heavy (non-hydrogen) atoms. The van der Waals surface area contributed by atoms with Crippen molar-refractivity contribution in [1.82, 2.24) is 0 Å². The SMILES string of the molecule is Cc1cc2c(-c3ccccc3)cccc2[cH-]1.Cc1cc2c(-c3ccccc3)cccc2[cH-]1.Cc1cc2c(C(C)C)cc(C(C)C)cc2[cH-]1.Cc1cc2c(C(C)C)cc(C(C)C)cc2[cH-]1.[F-].[F-].[F-].[F-].[F-].[F-].[Zr+4].[Zr+4].[Zr+4]. The molecule has 9 heteroatoms. The Morgan fingerprint density at radius 2 is 0.575 bits per heavy atom. The second-order valence-corrected chi connectivity index (χ2v) is 19.3. The summed E-state index contributed by atoms with van der Waals surface area (Å²) in [5.74, 6) is 2.42. The average Bonchev–Trinajstić information content (AvgIpc) is 4.06. The van der Waals surface area contributed by atoms with Crippen LogP contribution in [0.1, 0.15) is 124 Å². The third-order valence-corrected chi connectivity index (χ3v) is 12.6. The molecule has 376 valence electrons. The van der Waals surface area contributed by atoms with Crippen LogP contribution >= 0.6 is 0 Å². The van der Waals surface area contributed by atoms with Crippen LogP contribution in [0.15, 0.2) is 170 Å². The Balaban J connectivity index is -0.000000860. The number of aryl methyl sites for hydroxylation is 4. The second kappa shape index (κ2) is 33.1. The van der Waals surface area contributed by atoms with Gasteiger partial charge in [0.15, 0.2) is 0 Å². The van der Waals surface area contributed by atoms with Crippen LogP contribution in [0.5, 0.6) is 0 Å². The average molecular weight is 1220 g/mol. The zero-order valence-electron chi connectivity index (χ0n) is 44.2. The molecule has 0 aliphatic heterocycles. The molecular weight excluding hydrogens is 1160 g/mol. The first-order chi connectivity index (χ1) is 30.7. The van der Waals surface area contributed by atoms with Gasteiger partial charge in [-0.05, 0) is 34.8 Å². The summed E-state index contributed by atoms with van der Waals surface area (Å²) >= 11 is 0. The summed E-state index contributed by atoms with van der Waals surface area (Å²) in [6.07, 6.45) is 0. The Hall–Kier alpha value is -4.01. The molecule has 0 bridgehead atoms. The molecule has 0 saturated heterocycles. The molecule has 0 spiro atoms. The Morgan fingerprint density at radius 3 is 0.863 bits per heavy atom. The largest absolute Gasteiger partial charge is 4.00 e. The van der Waals surface area contributed by atoms with Gasteiger partial charge in [0.1, 0.15) is 0 Å². The monoisotopic (exact) mass is 1220 g/mol. The van der Waals surface area contributed by atoms with Crippen LogP contribution in [0.3, 0.4) is 0 Å². The van der Waals surface area contributed by atoms with E-state index in [1.54, 1.807) is 0 Å². The molecule has 10 aromatic carbocycles. The topological polar surface area (TPSA) is 0 Å². The third kappa shape index (κ3) is 18.1. The Kier molecular flexibility index (Phi) is 33.2. The molecule has 0 amide bonds. The normalized spacial score (nSPS) is 9.97. The summed E-state index contributed by atoms with van der Waals surface area (Å²) in [4.78, 5) is 0. The van der Waals surface area contributed by atoms with Crippen molar-refractivity contribution < 1.29 is 107 Å². The van der Waals surface area contributed by atoms with Crippen molar-refractivity contribution in [3.63, 3.8) is 0 Å². The fourth-order valence-electron chi connectivity index (χ4n) is 9.18. The molecule has 0 atom stereocenters. The van der Waals surface area contributed by atoms with E-state index >= 15 is 0 Å². The van der Waals surface area contributed by atoms with Crippen molar-refractivity contribution in [2.75, 3.05) is 0 Å². The quantitative estimate of drug-likeness (QED) is 0.175. The predicted molar refractivity (Wildman–Crippen MR) is 284 cm³/mol. The molecule has 0 N–H and O–H groups in total. The standard InChI is InChI=1S/2C16H13.2C16H21.6FH.3Zr/c2*1-12-10-14-8-5-9-15(16(14)11-12)13-6-3-2-4-7-13;2*1-10(2)13-8-14-6-12(5)7-16(14)15(9-13)11(3)4;;;;;;;;;/h2*2-11H,1H3;2*6-11H,1-5H3;6*1H;;;/q4*-1;;;;;;;3*+4/p-6.